The molecular weight excluding hydrogens is 1250 g/mol. The van der Waals surface area contributed by atoms with Gasteiger partial charge in [0.1, 0.15) is 19.3 Å². The van der Waals surface area contributed by atoms with Gasteiger partial charge in [-0.2, -0.15) is 0 Å². The van der Waals surface area contributed by atoms with Crippen LogP contribution in [0.4, 0.5) is 0 Å². The summed E-state index contributed by atoms with van der Waals surface area (Å²) in [5.41, 5.74) is 0. The number of phosphoric acid groups is 2. The molecule has 0 saturated heterocycles. The lowest BCUT2D eigenvalue weighted by Gasteiger charge is -2.21. The van der Waals surface area contributed by atoms with Crippen LogP contribution >= 0.6 is 15.6 Å². The molecule has 0 rings (SSSR count). The minimum Gasteiger partial charge on any atom is -0.462 e. The Morgan fingerprint density at radius 2 is 0.621 bits per heavy atom. The first kappa shape index (κ1) is 92.5. The van der Waals surface area contributed by atoms with Crippen molar-refractivity contribution < 1.29 is 80.2 Å². The van der Waals surface area contributed by atoms with Crippen LogP contribution in [0.2, 0.25) is 0 Å². The molecule has 0 bridgehead atoms. The molecule has 95 heavy (non-hydrogen) atoms. The molecule has 3 N–H and O–H groups in total. The van der Waals surface area contributed by atoms with Crippen molar-refractivity contribution in [3.63, 3.8) is 0 Å². The Bertz CT molecular complexity index is 1950. The summed E-state index contributed by atoms with van der Waals surface area (Å²) >= 11 is 0. The van der Waals surface area contributed by atoms with Gasteiger partial charge < -0.3 is 33.8 Å². The summed E-state index contributed by atoms with van der Waals surface area (Å²) in [6, 6.07) is 0. The topological polar surface area (TPSA) is 237 Å². The number of unbranched alkanes of at least 4 members (excludes halogenated alkanes) is 35. The van der Waals surface area contributed by atoms with E-state index in [0.717, 1.165) is 127 Å². The molecule has 0 aromatic rings. The number of esters is 4. The predicted octanol–water partition coefficient (Wildman–Crippen LogP) is 21.7. The van der Waals surface area contributed by atoms with Crippen molar-refractivity contribution in [2.24, 2.45) is 17.8 Å². The van der Waals surface area contributed by atoms with Crippen LogP contribution in [-0.2, 0) is 65.4 Å². The summed E-state index contributed by atoms with van der Waals surface area (Å²) in [5.74, 6) is 0.164. The van der Waals surface area contributed by atoms with Gasteiger partial charge in [-0.25, -0.2) is 9.13 Å². The number of aliphatic hydroxyl groups excluding tert-OH is 1. The molecule has 19 heteroatoms. The predicted molar refractivity (Wildman–Crippen MR) is 386 cm³/mol. The Morgan fingerprint density at radius 3 is 0.937 bits per heavy atom. The minimum atomic E-state index is -4.96. The fourth-order valence-corrected chi connectivity index (χ4v) is 12.6. The molecule has 0 aliphatic rings. The van der Waals surface area contributed by atoms with Crippen molar-refractivity contribution in [3.8, 4) is 0 Å². The SMILES string of the molecule is CCCCCC/C=C\C=C/CCCCCCCC(=O)O[C@H](COC(=O)CCCCCCCCC(C)CC)COP(=O)(O)OC[C@H](O)COP(=O)(O)OC[C@@H](COC(=O)CCCCCCCCCCCC(C)C)OC(=O)CCCCCCCCCCCCCCCCC(C)CC. The van der Waals surface area contributed by atoms with Crippen LogP contribution in [0, 0.1) is 17.8 Å². The highest BCUT2D eigenvalue weighted by Crippen LogP contribution is 2.45. The highest BCUT2D eigenvalue weighted by Gasteiger charge is 2.30. The molecule has 17 nitrogen and oxygen atoms in total. The number of aliphatic hydroxyl groups is 1. The Labute approximate surface area is 580 Å². The van der Waals surface area contributed by atoms with Gasteiger partial charge >= 0.3 is 39.5 Å². The van der Waals surface area contributed by atoms with Crippen LogP contribution in [0.3, 0.4) is 0 Å². The van der Waals surface area contributed by atoms with Crippen molar-refractivity contribution in [3.05, 3.63) is 24.3 Å². The molecule has 560 valence electrons. The minimum absolute atomic E-state index is 0.0838. The maximum atomic E-state index is 13.1. The first-order valence-electron chi connectivity index (χ1n) is 38.7. The van der Waals surface area contributed by atoms with Gasteiger partial charge in [-0.3, -0.25) is 37.3 Å². The maximum Gasteiger partial charge on any atom is 0.472 e. The molecule has 7 atom stereocenters. The smallest absolute Gasteiger partial charge is 0.462 e. The molecule has 0 radical (unpaired) electrons. The number of carbonyl (C=O) groups excluding carboxylic acids is 4. The Kier molecular flexibility index (Phi) is 64.4. The maximum absolute atomic E-state index is 13.1. The normalized spacial score (nSPS) is 14.8. The fraction of sp³-hybridized carbons (Fsp3) is 0.895. The third-order valence-electron chi connectivity index (χ3n) is 17.7. The van der Waals surface area contributed by atoms with Gasteiger partial charge in [-0.1, -0.05) is 310 Å². The van der Waals surface area contributed by atoms with Gasteiger partial charge in [0.25, 0.3) is 0 Å². The molecule has 0 aliphatic heterocycles. The van der Waals surface area contributed by atoms with E-state index in [1.807, 2.05) is 0 Å². The fourth-order valence-electron chi connectivity index (χ4n) is 11.0. The first-order chi connectivity index (χ1) is 45.8. The lowest BCUT2D eigenvalue weighted by molar-refractivity contribution is -0.161. The van der Waals surface area contributed by atoms with Gasteiger partial charge in [-0.05, 0) is 69.1 Å². The van der Waals surface area contributed by atoms with Gasteiger partial charge in [-0.15, -0.1) is 0 Å². The zero-order valence-corrected chi connectivity index (χ0v) is 63.4. The van der Waals surface area contributed by atoms with E-state index in [1.54, 1.807) is 0 Å². The average Bonchev–Trinajstić information content (AvgIpc) is 1.63. The second-order valence-corrected chi connectivity index (χ2v) is 30.6. The third-order valence-corrected chi connectivity index (χ3v) is 19.6. The number of carbonyl (C=O) groups is 4. The van der Waals surface area contributed by atoms with E-state index in [-0.39, 0.29) is 25.7 Å². The van der Waals surface area contributed by atoms with Crippen molar-refractivity contribution in [1.82, 2.24) is 0 Å². The Balaban J connectivity index is 5.28. The lowest BCUT2D eigenvalue weighted by Crippen LogP contribution is -2.30. The largest absolute Gasteiger partial charge is 0.472 e. The number of hydrogen-bond donors (Lipinski definition) is 3. The summed E-state index contributed by atoms with van der Waals surface area (Å²) < 4.78 is 68.5. The summed E-state index contributed by atoms with van der Waals surface area (Å²) in [6.45, 7) is 11.8. The van der Waals surface area contributed by atoms with Crippen LogP contribution in [0.15, 0.2) is 24.3 Å². The second kappa shape index (κ2) is 66.1. The van der Waals surface area contributed by atoms with Crippen LogP contribution in [0.25, 0.3) is 0 Å². The van der Waals surface area contributed by atoms with Crippen molar-refractivity contribution in [1.29, 1.82) is 0 Å². The highest BCUT2D eigenvalue weighted by atomic mass is 31.2. The van der Waals surface area contributed by atoms with Crippen molar-refractivity contribution >= 4 is 39.5 Å². The van der Waals surface area contributed by atoms with E-state index < -0.39 is 97.5 Å². The molecular formula is C76H144O17P2. The zero-order chi connectivity index (χ0) is 70.1. The number of rotatable bonds is 72. The van der Waals surface area contributed by atoms with E-state index in [0.29, 0.717) is 25.7 Å². The van der Waals surface area contributed by atoms with Gasteiger partial charge in [0.05, 0.1) is 26.4 Å². The molecule has 0 amide bonds. The van der Waals surface area contributed by atoms with Gasteiger partial charge in [0, 0.05) is 25.7 Å². The zero-order valence-electron chi connectivity index (χ0n) is 61.6. The molecule has 4 unspecified atom stereocenters. The van der Waals surface area contributed by atoms with E-state index in [1.165, 1.54) is 154 Å². The van der Waals surface area contributed by atoms with Crippen LogP contribution in [0.1, 0.15) is 363 Å². The third kappa shape index (κ3) is 67.2. The van der Waals surface area contributed by atoms with E-state index in [2.05, 4.69) is 72.8 Å². The molecule has 0 aromatic heterocycles. The van der Waals surface area contributed by atoms with Crippen LogP contribution in [0.5, 0.6) is 0 Å². The average molecular weight is 1390 g/mol. The van der Waals surface area contributed by atoms with E-state index in [4.69, 9.17) is 37.0 Å². The molecule has 0 saturated carbocycles. The molecule has 0 aromatic carbocycles. The Hall–Kier alpha value is -2.46. The van der Waals surface area contributed by atoms with Crippen molar-refractivity contribution in [2.75, 3.05) is 39.6 Å². The molecule has 0 heterocycles. The van der Waals surface area contributed by atoms with Crippen LogP contribution in [-0.4, -0.2) is 96.7 Å². The summed E-state index contributed by atoms with van der Waals surface area (Å²) in [6.07, 6.45) is 54.9. The quantitative estimate of drug-likeness (QED) is 0.0169. The van der Waals surface area contributed by atoms with Crippen molar-refractivity contribution in [2.45, 2.75) is 381 Å². The summed E-state index contributed by atoms with van der Waals surface area (Å²) in [5, 5.41) is 10.6. The van der Waals surface area contributed by atoms with E-state index in [9.17, 15) is 43.2 Å². The summed E-state index contributed by atoms with van der Waals surface area (Å²) in [4.78, 5) is 72.8. The first-order valence-corrected chi connectivity index (χ1v) is 41.7. The number of allylic oxidation sites excluding steroid dienone is 4. The van der Waals surface area contributed by atoms with Gasteiger partial charge in [0.2, 0.25) is 0 Å². The number of hydrogen-bond acceptors (Lipinski definition) is 15. The number of ether oxygens (including phenoxy) is 4. The second-order valence-electron chi connectivity index (χ2n) is 27.7. The van der Waals surface area contributed by atoms with Crippen LogP contribution < -0.4 is 0 Å². The monoisotopic (exact) mass is 1390 g/mol. The highest BCUT2D eigenvalue weighted by molar-refractivity contribution is 7.47. The van der Waals surface area contributed by atoms with Gasteiger partial charge in [0.15, 0.2) is 12.2 Å². The summed E-state index contributed by atoms with van der Waals surface area (Å²) in [7, 11) is -9.93. The standard InChI is InChI=1S/C76H144O17P2/c1-8-11-12-13-14-15-16-17-18-22-25-30-36-45-52-60-76(81)93-72(64-87-74(79)58-51-44-39-38-42-49-56-69(7)10-3)66-91-95(84,85)89-62-70(77)61-88-94(82,83)90-65-71(63-86-73(78)57-50-43-35-32-27-28-33-40-47-54-67(4)5)92-75(80)59-53-46-37-31-26-23-20-19-21-24-29-34-41-48-55-68(6)9-2/h15-18,67-72,77H,8-14,19-66H2,1-7H3,(H,82,83)(H,84,85)/b16-15-,18-17-/t68?,69?,70-,71-,72-/m1/s1. The Morgan fingerprint density at radius 1 is 0.347 bits per heavy atom. The molecule has 0 spiro atoms. The lowest BCUT2D eigenvalue weighted by atomic mass is 9.99. The molecule has 0 fully saturated rings. The van der Waals surface area contributed by atoms with E-state index >= 15 is 0 Å². The molecule has 0 aliphatic carbocycles. The number of phosphoric ester groups is 2.